The van der Waals surface area contributed by atoms with Crippen molar-refractivity contribution in [1.82, 2.24) is 20.2 Å². The molecule has 0 unspecified atom stereocenters. The fraction of sp³-hybridized carbons (Fsp3) is 0.250. The summed E-state index contributed by atoms with van der Waals surface area (Å²) in [6, 6.07) is 19.3. The Bertz CT molecular complexity index is 1390. The van der Waals surface area contributed by atoms with Gasteiger partial charge in [0.05, 0.1) is 0 Å². The first kappa shape index (κ1) is 25.3. The van der Waals surface area contributed by atoms with Gasteiger partial charge in [0.25, 0.3) is 5.91 Å². The van der Waals surface area contributed by atoms with Crippen LogP contribution in [0.1, 0.15) is 21.6 Å². The Labute approximate surface area is 225 Å². The van der Waals surface area contributed by atoms with Crippen LogP contribution in [0.15, 0.2) is 66.9 Å². The lowest BCUT2D eigenvalue weighted by Gasteiger charge is -2.36. The van der Waals surface area contributed by atoms with E-state index in [2.05, 4.69) is 49.4 Å². The highest BCUT2D eigenvalue weighted by Gasteiger charge is 2.25. The molecule has 1 amide bonds. The minimum absolute atomic E-state index is 0.0548. The van der Waals surface area contributed by atoms with Gasteiger partial charge in [0.2, 0.25) is 0 Å². The molecule has 1 aliphatic rings. The van der Waals surface area contributed by atoms with Gasteiger partial charge in [0.1, 0.15) is 11.3 Å². The average molecular weight is 536 g/mol. The third-order valence-corrected chi connectivity index (χ3v) is 6.97. The number of anilines is 1. The highest BCUT2D eigenvalue weighted by Crippen LogP contribution is 2.33. The monoisotopic (exact) mass is 535 g/mol. The number of carbonyl (C=O) groups is 1. The van der Waals surface area contributed by atoms with E-state index in [9.17, 15) is 9.90 Å². The predicted octanol–water partition coefficient (Wildman–Crippen LogP) is 4.94. The molecule has 1 aliphatic heterocycles. The Hall–Kier alpha value is -3.39. The zero-order valence-electron chi connectivity index (χ0n) is 20.2. The Morgan fingerprint density at radius 1 is 0.946 bits per heavy atom. The summed E-state index contributed by atoms with van der Waals surface area (Å²) in [5.74, 6) is -0.0778. The highest BCUT2D eigenvalue weighted by atomic mass is 35.5. The first-order valence-corrected chi connectivity index (χ1v) is 13.0. The van der Waals surface area contributed by atoms with Crippen molar-refractivity contribution in [3.8, 4) is 5.75 Å². The normalized spacial score (nSPS) is 14.2. The van der Waals surface area contributed by atoms with Crippen molar-refractivity contribution in [2.45, 2.75) is 13.0 Å². The molecule has 7 nitrogen and oxygen atoms in total. The van der Waals surface area contributed by atoms with Crippen molar-refractivity contribution < 1.29 is 9.90 Å². The minimum Gasteiger partial charge on any atom is -0.504 e. The first-order valence-electron chi connectivity index (χ1n) is 12.2. The van der Waals surface area contributed by atoms with Gasteiger partial charge in [-0.25, -0.2) is 4.98 Å². The highest BCUT2D eigenvalue weighted by molar-refractivity contribution is 6.34. The van der Waals surface area contributed by atoms with E-state index in [1.54, 1.807) is 24.4 Å². The number of hydrogen-bond acceptors (Lipinski definition) is 6. The van der Waals surface area contributed by atoms with E-state index >= 15 is 0 Å². The molecule has 9 heteroatoms. The molecule has 0 atom stereocenters. The van der Waals surface area contributed by atoms with Crippen molar-refractivity contribution in [3.63, 3.8) is 0 Å². The standard InChI is InChI=1S/C28H27Cl2N5O2/c29-21-15-20(16-22(30)17-21)18-32-28(37)25-26(36)24-23(7-4-9-31-24)27(33-25)35-13-11-34(12-14-35)10-8-19-5-2-1-3-6-19/h1-7,9,15-17,36H,8,10-14,18H2,(H,32,37). The number of nitrogens with zero attached hydrogens (tertiary/aromatic N) is 4. The number of amides is 1. The minimum atomic E-state index is -0.496. The van der Waals surface area contributed by atoms with Crippen LogP contribution in [0.3, 0.4) is 0 Å². The van der Waals surface area contributed by atoms with Gasteiger partial charge < -0.3 is 15.3 Å². The predicted molar refractivity (Wildman–Crippen MR) is 148 cm³/mol. The summed E-state index contributed by atoms with van der Waals surface area (Å²) < 4.78 is 0. The van der Waals surface area contributed by atoms with Crippen LogP contribution in [0.5, 0.6) is 5.75 Å². The first-order chi connectivity index (χ1) is 18.0. The van der Waals surface area contributed by atoms with Crippen LogP contribution in [0, 0.1) is 0 Å². The number of fused-ring (bicyclic) bond motifs is 1. The quantitative estimate of drug-likeness (QED) is 0.349. The van der Waals surface area contributed by atoms with Crippen molar-refractivity contribution in [2.24, 2.45) is 0 Å². The molecule has 3 heterocycles. The summed E-state index contributed by atoms with van der Waals surface area (Å²) in [6.07, 6.45) is 2.61. The van der Waals surface area contributed by atoms with Crippen molar-refractivity contribution >= 4 is 45.8 Å². The Morgan fingerprint density at radius 2 is 1.68 bits per heavy atom. The Balaban J connectivity index is 1.32. The van der Waals surface area contributed by atoms with Crippen LogP contribution in [0.25, 0.3) is 10.9 Å². The summed E-state index contributed by atoms with van der Waals surface area (Å²) in [5.41, 5.74) is 2.38. The molecule has 0 radical (unpaired) electrons. The zero-order valence-corrected chi connectivity index (χ0v) is 21.7. The molecular weight excluding hydrogens is 509 g/mol. The fourth-order valence-corrected chi connectivity index (χ4v) is 5.17. The van der Waals surface area contributed by atoms with Gasteiger partial charge in [-0.1, -0.05) is 53.5 Å². The molecule has 0 bridgehead atoms. The van der Waals surface area contributed by atoms with E-state index in [4.69, 9.17) is 23.2 Å². The molecule has 2 aromatic carbocycles. The maximum Gasteiger partial charge on any atom is 0.274 e. The maximum absolute atomic E-state index is 13.1. The SMILES string of the molecule is O=C(NCc1cc(Cl)cc(Cl)c1)c1nc(N2CCN(CCc3ccccc3)CC2)c2cccnc2c1O. The topological polar surface area (TPSA) is 81.6 Å². The summed E-state index contributed by atoms with van der Waals surface area (Å²) in [4.78, 5) is 26.7. The molecule has 5 rings (SSSR count). The van der Waals surface area contributed by atoms with Gasteiger partial charge in [-0.15, -0.1) is 0 Å². The van der Waals surface area contributed by atoms with E-state index in [0.29, 0.717) is 21.4 Å². The number of rotatable bonds is 7. The van der Waals surface area contributed by atoms with Gasteiger partial charge >= 0.3 is 0 Å². The van der Waals surface area contributed by atoms with Gasteiger partial charge in [-0.3, -0.25) is 14.7 Å². The van der Waals surface area contributed by atoms with Gasteiger partial charge in [0.15, 0.2) is 11.4 Å². The molecular formula is C28H27Cl2N5O2. The second-order valence-electron chi connectivity index (χ2n) is 9.06. The van der Waals surface area contributed by atoms with Gasteiger partial charge in [-0.2, -0.15) is 0 Å². The number of benzene rings is 2. The van der Waals surface area contributed by atoms with Crippen molar-refractivity contribution in [2.75, 3.05) is 37.6 Å². The zero-order chi connectivity index (χ0) is 25.8. The van der Waals surface area contributed by atoms with Gasteiger partial charge in [0, 0.05) is 60.9 Å². The summed E-state index contributed by atoms with van der Waals surface area (Å²) >= 11 is 12.1. The molecule has 0 spiro atoms. The largest absolute Gasteiger partial charge is 0.504 e. The van der Waals surface area contributed by atoms with Crippen LogP contribution in [-0.4, -0.2) is 58.6 Å². The Kier molecular flexibility index (Phi) is 7.74. The summed E-state index contributed by atoms with van der Waals surface area (Å²) in [6.45, 7) is 4.47. The average Bonchev–Trinajstić information content (AvgIpc) is 2.91. The summed E-state index contributed by atoms with van der Waals surface area (Å²) in [7, 11) is 0. The second kappa shape index (κ2) is 11.3. The Morgan fingerprint density at radius 3 is 2.41 bits per heavy atom. The lowest BCUT2D eigenvalue weighted by Crippen LogP contribution is -2.47. The number of aromatic nitrogens is 2. The van der Waals surface area contributed by atoms with E-state index in [-0.39, 0.29) is 18.0 Å². The lowest BCUT2D eigenvalue weighted by molar-refractivity contribution is 0.0943. The number of carbonyl (C=O) groups excluding carboxylic acids is 1. The molecule has 37 heavy (non-hydrogen) atoms. The molecule has 0 saturated carbocycles. The number of halogens is 2. The molecule has 1 saturated heterocycles. The third-order valence-electron chi connectivity index (χ3n) is 6.54. The van der Waals surface area contributed by atoms with E-state index in [0.717, 1.165) is 50.1 Å². The maximum atomic E-state index is 13.1. The molecule has 1 fully saturated rings. The number of piperazine rings is 1. The lowest BCUT2D eigenvalue weighted by atomic mass is 10.1. The van der Waals surface area contributed by atoms with E-state index in [1.807, 2.05) is 18.2 Å². The summed E-state index contributed by atoms with van der Waals surface area (Å²) in [5, 5.41) is 15.4. The number of pyridine rings is 2. The molecule has 2 N–H and O–H groups in total. The van der Waals surface area contributed by atoms with Crippen LogP contribution in [0.2, 0.25) is 10.0 Å². The smallest absolute Gasteiger partial charge is 0.274 e. The third kappa shape index (κ3) is 5.96. The van der Waals surface area contributed by atoms with Crippen LogP contribution in [0.4, 0.5) is 5.82 Å². The number of hydrogen-bond donors (Lipinski definition) is 2. The van der Waals surface area contributed by atoms with E-state index < -0.39 is 5.91 Å². The number of aromatic hydroxyl groups is 1. The van der Waals surface area contributed by atoms with Gasteiger partial charge in [-0.05, 0) is 47.9 Å². The molecule has 4 aromatic rings. The van der Waals surface area contributed by atoms with Crippen molar-refractivity contribution in [3.05, 3.63) is 93.7 Å². The van der Waals surface area contributed by atoms with Crippen LogP contribution < -0.4 is 10.2 Å². The number of nitrogens with one attached hydrogen (secondary N) is 1. The fourth-order valence-electron chi connectivity index (χ4n) is 4.60. The van der Waals surface area contributed by atoms with E-state index in [1.165, 1.54) is 5.56 Å². The van der Waals surface area contributed by atoms with Crippen LogP contribution in [-0.2, 0) is 13.0 Å². The molecule has 190 valence electrons. The second-order valence-corrected chi connectivity index (χ2v) is 9.93. The van der Waals surface area contributed by atoms with Crippen LogP contribution >= 0.6 is 23.2 Å². The molecule has 2 aromatic heterocycles. The van der Waals surface area contributed by atoms with Crippen molar-refractivity contribution in [1.29, 1.82) is 0 Å². The molecule has 0 aliphatic carbocycles.